The molecule has 0 radical (unpaired) electrons. The Morgan fingerprint density at radius 3 is 2.69 bits per heavy atom. The lowest BCUT2D eigenvalue weighted by atomic mass is 9.83. The minimum atomic E-state index is -0.417. The van der Waals surface area contributed by atoms with Gasteiger partial charge in [0.2, 0.25) is 5.91 Å². The fourth-order valence-electron chi connectivity index (χ4n) is 4.87. The Morgan fingerprint density at radius 1 is 1.06 bits per heavy atom. The molecule has 2 saturated heterocycles. The molecule has 3 aromatic rings. The van der Waals surface area contributed by atoms with Gasteiger partial charge in [-0.15, -0.1) is 0 Å². The van der Waals surface area contributed by atoms with Gasteiger partial charge in [-0.1, -0.05) is 37.3 Å². The summed E-state index contributed by atoms with van der Waals surface area (Å²) in [5, 5.41) is 10.5. The predicted molar refractivity (Wildman–Crippen MR) is 119 cm³/mol. The van der Waals surface area contributed by atoms with Crippen LogP contribution in [0.15, 0.2) is 71.3 Å². The molecule has 1 amide bonds. The molecule has 2 aliphatic rings. The minimum Gasteiger partial charge on any atom is -0.508 e. The monoisotopic (exact) mass is 433 g/mol. The van der Waals surface area contributed by atoms with E-state index in [0.29, 0.717) is 13.2 Å². The number of carbonyl (C=O) groups is 1. The highest BCUT2D eigenvalue weighted by molar-refractivity contribution is 5.86. The van der Waals surface area contributed by atoms with Crippen LogP contribution in [0.2, 0.25) is 0 Å². The number of amides is 1. The van der Waals surface area contributed by atoms with Crippen molar-refractivity contribution in [2.75, 3.05) is 6.61 Å². The van der Waals surface area contributed by atoms with Crippen LogP contribution >= 0.6 is 0 Å². The summed E-state index contributed by atoms with van der Waals surface area (Å²) in [4.78, 5) is 15.4. The number of phenols is 1. The minimum absolute atomic E-state index is 0.00157. The van der Waals surface area contributed by atoms with Crippen molar-refractivity contribution >= 4 is 5.91 Å². The number of benzene rings is 2. The number of nitrogens with zero attached hydrogens (tertiary/aromatic N) is 1. The zero-order valence-electron chi connectivity index (χ0n) is 17.9. The van der Waals surface area contributed by atoms with E-state index in [2.05, 4.69) is 17.8 Å². The van der Waals surface area contributed by atoms with Crippen LogP contribution in [0.5, 0.6) is 11.5 Å². The number of nitrogens with one attached hydrogen (secondary N) is 2. The number of ether oxygens (including phenoxy) is 1. The fourth-order valence-corrected chi connectivity index (χ4v) is 4.87. The van der Waals surface area contributed by atoms with E-state index in [0.717, 1.165) is 29.1 Å². The second-order valence-corrected chi connectivity index (χ2v) is 8.29. The molecule has 5 rings (SSSR count). The summed E-state index contributed by atoms with van der Waals surface area (Å²) in [5.41, 5.74) is 8.21. The Labute approximate surface area is 187 Å². The van der Waals surface area contributed by atoms with Crippen molar-refractivity contribution in [1.29, 1.82) is 0 Å². The zero-order chi connectivity index (χ0) is 22.1. The van der Waals surface area contributed by atoms with Gasteiger partial charge in [0.1, 0.15) is 23.3 Å². The second kappa shape index (κ2) is 8.68. The van der Waals surface area contributed by atoms with Crippen molar-refractivity contribution in [2.24, 2.45) is 5.92 Å². The topological polar surface area (TPSA) is 87.0 Å². The van der Waals surface area contributed by atoms with Gasteiger partial charge < -0.3 is 19.2 Å². The Hall–Kier alpha value is -3.29. The molecule has 7 heteroatoms. The number of rotatable bonds is 7. The van der Waals surface area contributed by atoms with Gasteiger partial charge in [-0.2, -0.15) is 0 Å². The van der Waals surface area contributed by atoms with Crippen LogP contribution in [0.3, 0.4) is 0 Å². The molecule has 166 valence electrons. The molecule has 4 atom stereocenters. The lowest BCUT2D eigenvalue weighted by Gasteiger charge is -2.31. The van der Waals surface area contributed by atoms with Gasteiger partial charge in [0.25, 0.3) is 0 Å². The average molecular weight is 434 g/mol. The van der Waals surface area contributed by atoms with Crippen molar-refractivity contribution in [1.82, 2.24) is 15.8 Å². The first-order chi connectivity index (χ1) is 15.7. The van der Waals surface area contributed by atoms with E-state index < -0.39 is 6.04 Å². The van der Waals surface area contributed by atoms with Crippen molar-refractivity contribution in [3.05, 3.63) is 83.8 Å². The Kier molecular flexibility index (Phi) is 5.59. The number of likely N-dealkylation sites (tertiary alicyclic amines) is 1. The number of furan rings is 1. The molecule has 2 aliphatic heterocycles. The molecule has 0 spiro atoms. The zero-order valence-corrected chi connectivity index (χ0v) is 17.9. The Morgan fingerprint density at radius 2 is 1.91 bits per heavy atom. The smallest absolute Gasteiger partial charge is 0.242 e. The van der Waals surface area contributed by atoms with Crippen LogP contribution in [-0.2, 0) is 11.3 Å². The first kappa shape index (κ1) is 20.6. The van der Waals surface area contributed by atoms with E-state index in [9.17, 15) is 9.90 Å². The summed E-state index contributed by atoms with van der Waals surface area (Å²) in [6, 6.07) is 18.1. The molecule has 32 heavy (non-hydrogen) atoms. The summed E-state index contributed by atoms with van der Waals surface area (Å²) in [7, 11) is 0. The molecule has 2 aromatic carbocycles. The highest BCUT2D eigenvalue weighted by Gasteiger charge is 2.56. The number of hydrogen-bond acceptors (Lipinski definition) is 6. The predicted octanol–water partition coefficient (Wildman–Crippen LogP) is 3.69. The van der Waals surface area contributed by atoms with E-state index in [1.54, 1.807) is 18.4 Å². The van der Waals surface area contributed by atoms with E-state index in [4.69, 9.17) is 9.15 Å². The van der Waals surface area contributed by atoms with Gasteiger partial charge in [0.05, 0.1) is 31.5 Å². The van der Waals surface area contributed by atoms with Crippen molar-refractivity contribution < 1.29 is 19.1 Å². The fraction of sp³-hybridized carbons (Fsp3) is 0.320. The van der Waals surface area contributed by atoms with Crippen LogP contribution in [0.1, 0.15) is 42.3 Å². The summed E-state index contributed by atoms with van der Waals surface area (Å²) < 4.78 is 11.4. The van der Waals surface area contributed by atoms with E-state index in [1.165, 1.54) is 0 Å². The van der Waals surface area contributed by atoms with Crippen LogP contribution in [0, 0.1) is 5.92 Å². The molecule has 3 heterocycles. The van der Waals surface area contributed by atoms with Crippen molar-refractivity contribution in [3.8, 4) is 11.5 Å². The highest BCUT2D eigenvalue weighted by atomic mass is 16.5. The SMILES string of the molecule is CCCOc1cccc(C2C3C(NNC3c3ccccc3O)C(=O)N2Cc2ccco2)c1. The maximum atomic E-state index is 13.5. The first-order valence-electron chi connectivity index (χ1n) is 11.0. The third-order valence-corrected chi connectivity index (χ3v) is 6.26. The van der Waals surface area contributed by atoms with Gasteiger partial charge in [0.15, 0.2) is 0 Å². The second-order valence-electron chi connectivity index (χ2n) is 8.29. The van der Waals surface area contributed by atoms with Gasteiger partial charge in [-0.3, -0.25) is 4.79 Å². The maximum Gasteiger partial charge on any atom is 0.242 e. The Balaban J connectivity index is 1.56. The quantitative estimate of drug-likeness (QED) is 0.527. The number of aromatic hydroxyl groups is 1. The molecule has 7 nitrogen and oxygen atoms in total. The van der Waals surface area contributed by atoms with E-state index >= 15 is 0 Å². The largest absolute Gasteiger partial charge is 0.508 e. The van der Waals surface area contributed by atoms with Gasteiger partial charge >= 0.3 is 0 Å². The Bertz CT molecular complexity index is 1080. The normalized spacial score (nSPS) is 24.7. The van der Waals surface area contributed by atoms with Gasteiger partial charge in [-0.05, 0) is 42.3 Å². The molecule has 0 bridgehead atoms. The lowest BCUT2D eigenvalue weighted by molar-refractivity contribution is -0.131. The number of fused-ring (bicyclic) bond motifs is 1. The number of hydrogen-bond donors (Lipinski definition) is 3. The molecular formula is C25H27N3O4. The van der Waals surface area contributed by atoms with Gasteiger partial charge in [-0.25, -0.2) is 10.9 Å². The number of para-hydroxylation sites is 1. The van der Waals surface area contributed by atoms with Gasteiger partial charge in [0, 0.05) is 11.5 Å². The summed E-state index contributed by atoms with van der Waals surface area (Å²) in [6.45, 7) is 3.08. The van der Waals surface area contributed by atoms with E-state index in [1.807, 2.05) is 53.4 Å². The average Bonchev–Trinajstić information content (AvgIpc) is 3.53. The molecule has 4 unspecified atom stereocenters. The summed E-state index contributed by atoms with van der Waals surface area (Å²) in [6.07, 6.45) is 2.54. The summed E-state index contributed by atoms with van der Waals surface area (Å²) >= 11 is 0. The van der Waals surface area contributed by atoms with Crippen LogP contribution < -0.4 is 15.6 Å². The number of phenolic OH excluding ortho intramolecular Hbond substituents is 1. The summed E-state index contributed by atoms with van der Waals surface area (Å²) in [5.74, 6) is 1.60. The molecular weight excluding hydrogens is 406 g/mol. The van der Waals surface area contributed by atoms with Crippen molar-refractivity contribution in [2.45, 2.75) is 38.0 Å². The number of carbonyl (C=O) groups excluding carboxylic acids is 1. The molecule has 0 saturated carbocycles. The first-order valence-corrected chi connectivity index (χ1v) is 11.0. The molecule has 3 N–H and O–H groups in total. The molecule has 2 fully saturated rings. The third kappa shape index (κ3) is 3.63. The van der Waals surface area contributed by atoms with Crippen LogP contribution in [0.25, 0.3) is 0 Å². The maximum absolute atomic E-state index is 13.5. The van der Waals surface area contributed by atoms with Crippen LogP contribution in [0.4, 0.5) is 0 Å². The highest BCUT2D eigenvalue weighted by Crippen LogP contribution is 2.49. The molecule has 0 aliphatic carbocycles. The standard InChI is InChI=1S/C25H27N3O4/c1-2-12-31-17-8-5-7-16(14-17)24-21-22(19-10-3-4-11-20(19)29)26-27-23(21)25(30)28(24)15-18-9-6-13-32-18/h3-11,13-14,21-24,26-27,29H,2,12,15H2,1H3. The van der Waals surface area contributed by atoms with Crippen LogP contribution in [-0.4, -0.2) is 28.6 Å². The third-order valence-electron chi connectivity index (χ3n) is 6.26. The number of hydrazine groups is 1. The molecule has 1 aromatic heterocycles. The van der Waals surface area contributed by atoms with Crippen molar-refractivity contribution in [3.63, 3.8) is 0 Å². The van der Waals surface area contributed by atoms with E-state index in [-0.39, 0.29) is 29.7 Å². The lowest BCUT2D eigenvalue weighted by Crippen LogP contribution is -2.41.